The normalized spacial score (nSPS) is 11.3. The van der Waals surface area contributed by atoms with E-state index in [1.54, 1.807) is 6.92 Å². The second kappa shape index (κ2) is 10.8. The zero-order valence-electron chi connectivity index (χ0n) is 15.3. The molecule has 0 aliphatic heterocycles. The number of amides is 2. The van der Waals surface area contributed by atoms with Crippen LogP contribution in [0.4, 0.5) is 0 Å². The first-order chi connectivity index (χ1) is 13.0. The van der Waals surface area contributed by atoms with E-state index >= 15 is 0 Å². The quantitative estimate of drug-likeness (QED) is 0.663. The van der Waals surface area contributed by atoms with Crippen molar-refractivity contribution in [2.45, 2.75) is 32.4 Å². The number of benzene rings is 2. The number of esters is 1. The number of aryl methyl sites for hydroxylation is 1. The van der Waals surface area contributed by atoms with Gasteiger partial charge in [-0.15, -0.1) is 0 Å². The summed E-state index contributed by atoms with van der Waals surface area (Å²) in [5.41, 5.74) is 1.93. The van der Waals surface area contributed by atoms with Crippen molar-refractivity contribution < 1.29 is 19.1 Å². The van der Waals surface area contributed by atoms with Gasteiger partial charge in [0, 0.05) is 6.42 Å². The third-order valence-electron chi connectivity index (χ3n) is 3.88. The Labute approximate surface area is 158 Å². The third kappa shape index (κ3) is 7.73. The van der Waals surface area contributed by atoms with Crippen molar-refractivity contribution in [2.24, 2.45) is 0 Å². The Hall–Kier alpha value is -3.15. The van der Waals surface area contributed by atoms with Gasteiger partial charge in [0.1, 0.15) is 12.6 Å². The molecule has 142 valence electrons. The van der Waals surface area contributed by atoms with E-state index in [0.29, 0.717) is 12.8 Å². The van der Waals surface area contributed by atoms with Crippen LogP contribution in [-0.4, -0.2) is 30.4 Å². The van der Waals surface area contributed by atoms with E-state index in [9.17, 15) is 14.4 Å². The molecule has 0 saturated carbocycles. The van der Waals surface area contributed by atoms with Crippen LogP contribution in [0, 0.1) is 0 Å². The monoisotopic (exact) mass is 368 g/mol. The molecular weight excluding hydrogens is 344 g/mol. The van der Waals surface area contributed by atoms with E-state index in [-0.39, 0.29) is 19.1 Å². The van der Waals surface area contributed by atoms with Crippen LogP contribution in [0.3, 0.4) is 0 Å². The Kier molecular flexibility index (Phi) is 8.03. The van der Waals surface area contributed by atoms with Crippen molar-refractivity contribution in [3.63, 3.8) is 0 Å². The number of carbonyl (C=O) groups excluding carboxylic acids is 3. The molecule has 0 aromatic heterocycles. The molecule has 2 aromatic rings. The summed E-state index contributed by atoms with van der Waals surface area (Å²) < 4.78 is 5.16. The Morgan fingerprint density at radius 1 is 0.889 bits per heavy atom. The number of ether oxygens (including phenoxy) is 1. The smallest absolute Gasteiger partial charge is 0.328 e. The highest BCUT2D eigenvalue weighted by molar-refractivity contribution is 5.88. The molecule has 2 amide bonds. The average molecular weight is 368 g/mol. The van der Waals surface area contributed by atoms with Crippen molar-refractivity contribution in [2.75, 3.05) is 6.54 Å². The molecule has 0 fully saturated rings. The lowest BCUT2D eigenvalue weighted by Gasteiger charge is -2.14. The van der Waals surface area contributed by atoms with Crippen molar-refractivity contribution in [1.82, 2.24) is 10.6 Å². The third-order valence-corrected chi connectivity index (χ3v) is 3.88. The number of rotatable bonds is 9. The first kappa shape index (κ1) is 20.2. The molecule has 0 saturated heterocycles. The minimum absolute atomic E-state index is 0.149. The predicted molar refractivity (Wildman–Crippen MR) is 102 cm³/mol. The highest BCUT2D eigenvalue weighted by atomic mass is 16.5. The molecule has 1 unspecified atom stereocenters. The lowest BCUT2D eigenvalue weighted by molar-refractivity contribution is -0.148. The molecule has 2 aromatic carbocycles. The number of carbonyl (C=O) groups is 3. The number of hydrogen-bond donors (Lipinski definition) is 2. The fraction of sp³-hybridized carbons (Fsp3) is 0.286. The maximum Gasteiger partial charge on any atom is 0.328 e. The van der Waals surface area contributed by atoms with Gasteiger partial charge in [-0.05, 0) is 24.5 Å². The van der Waals surface area contributed by atoms with E-state index in [4.69, 9.17) is 4.74 Å². The van der Waals surface area contributed by atoms with Crippen LogP contribution >= 0.6 is 0 Å². The zero-order chi connectivity index (χ0) is 19.5. The van der Waals surface area contributed by atoms with Gasteiger partial charge in [-0.1, -0.05) is 60.7 Å². The number of nitrogens with one attached hydrogen (secondary N) is 2. The first-order valence-corrected chi connectivity index (χ1v) is 8.85. The molecule has 0 radical (unpaired) electrons. The van der Waals surface area contributed by atoms with Gasteiger partial charge in [-0.3, -0.25) is 9.59 Å². The van der Waals surface area contributed by atoms with Gasteiger partial charge in [-0.2, -0.15) is 0 Å². The van der Waals surface area contributed by atoms with Crippen LogP contribution in [0.25, 0.3) is 0 Å². The second-order valence-corrected chi connectivity index (χ2v) is 6.14. The molecule has 0 heterocycles. The largest absolute Gasteiger partial charge is 0.459 e. The van der Waals surface area contributed by atoms with Crippen LogP contribution in [0.1, 0.15) is 24.5 Å². The molecule has 0 aliphatic rings. The van der Waals surface area contributed by atoms with Crippen molar-refractivity contribution in [3.05, 3.63) is 71.8 Å². The molecule has 2 rings (SSSR count). The Bertz CT molecular complexity index is 747. The SMILES string of the molecule is CC(NC(=O)CNC(=O)CCc1ccccc1)C(=O)OCc1ccccc1. The lowest BCUT2D eigenvalue weighted by Crippen LogP contribution is -2.44. The topological polar surface area (TPSA) is 84.5 Å². The molecule has 0 aliphatic carbocycles. The van der Waals surface area contributed by atoms with Gasteiger partial charge < -0.3 is 15.4 Å². The molecular formula is C21H24N2O4. The van der Waals surface area contributed by atoms with Gasteiger partial charge in [0.2, 0.25) is 11.8 Å². The molecule has 0 bridgehead atoms. The maximum absolute atomic E-state index is 11.9. The van der Waals surface area contributed by atoms with Crippen LogP contribution in [0.2, 0.25) is 0 Å². The first-order valence-electron chi connectivity index (χ1n) is 8.85. The van der Waals surface area contributed by atoms with Crippen molar-refractivity contribution in [3.8, 4) is 0 Å². The zero-order valence-corrected chi connectivity index (χ0v) is 15.3. The van der Waals surface area contributed by atoms with E-state index in [0.717, 1.165) is 11.1 Å². The summed E-state index contributed by atoms with van der Waals surface area (Å²) >= 11 is 0. The fourth-order valence-corrected chi connectivity index (χ4v) is 2.37. The van der Waals surface area contributed by atoms with E-state index < -0.39 is 17.9 Å². The molecule has 2 N–H and O–H groups in total. The van der Waals surface area contributed by atoms with Gasteiger partial charge in [-0.25, -0.2) is 4.79 Å². The highest BCUT2D eigenvalue weighted by Gasteiger charge is 2.17. The van der Waals surface area contributed by atoms with E-state index in [1.807, 2.05) is 60.7 Å². The van der Waals surface area contributed by atoms with Gasteiger partial charge >= 0.3 is 5.97 Å². The van der Waals surface area contributed by atoms with Crippen molar-refractivity contribution in [1.29, 1.82) is 0 Å². The summed E-state index contributed by atoms with van der Waals surface area (Å²) in [5, 5.41) is 5.07. The fourth-order valence-electron chi connectivity index (χ4n) is 2.37. The van der Waals surface area contributed by atoms with Crippen LogP contribution < -0.4 is 10.6 Å². The second-order valence-electron chi connectivity index (χ2n) is 6.14. The summed E-state index contributed by atoms with van der Waals surface area (Å²) in [7, 11) is 0. The molecule has 6 nitrogen and oxygen atoms in total. The predicted octanol–water partition coefficient (Wildman–Crippen LogP) is 1.98. The lowest BCUT2D eigenvalue weighted by atomic mass is 10.1. The minimum Gasteiger partial charge on any atom is -0.459 e. The average Bonchev–Trinajstić information content (AvgIpc) is 2.70. The summed E-state index contributed by atoms with van der Waals surface area (Å²) in [6.45, 7) is 1.52. The summed E-state index contributed by atoms with van der Waals surface area (Å²) in [5.74, 6) is -1.18. The minimum atomic E-state index is -0.789. The van der Waals surface area contributed by atoms with Crippen molar-refractivity contribution >= 4 is 17.8 Å². The Balaban J connectivity index is 1.63. The standard InChI is InChI=1S/C21H24N2O4/c1-16(21(26)27-15-18-10-6-3-7-11-18)23-20(25)14-22-19(24)13-12-17-8-4-2-5-9-17/h2-11,16H,12-15H2,1H3,(H,22,24)(H,23,25). The van der Waals surface area contributed by atoms with Crippen LogP contribution in [0.5, 0.6) is 0 Å². The summed E-state index contributed by atoms with van der Waals surface area (Å²) in [6.07, 6.45) is 0.905. The van der Waals surface area contributed by atoms with Gasteiger partial charge in [0.15, 0.2) is 0 Å². The molecule has 0 spiro atoms. The van der Waals surface area contributed by atoms with Crippen LogP contribution in [-0.2, 0) is 32.1 Å². The molecule has 6 heteroatoms. The van der Waals surface area contributed by atoms with Gasteiger partial charge in [0.25, 0.3) is 0 Å². The van der Waals surface area contributed by atoms with Gasteiger partial charge in [0.05, 0.1) is 6.54 Å². The Morgan fingerprint density at radius 3 is 2.11 bits per heavy atom. The maximum atomic E-state index is 11.9. The molecule has 27 heavy (non-hydrogen) atoms. The molecule has 1 atom stereocenters. The number of hydrogen-bond acceptors (Lipinski definition) is 4. The highest BCUT2D eigenvalue weighted by Crippen LogP contribution is 2.03. The Morgan fingerprint density at radius 2 is 1.48 bits per heavy atom. The summed E-state index contributed by atoms with van der Waals surface area (Å²) in [4.78, 5) is 35.6. The summed E-state index contributed by atoms with van der Waals surface area (Å²) in [6, 6.07) is 18.1. The van der Waals surface area contributed by atoms with Crippen LogP contribution in [0.15, 0.2) is 60.7 Å². The van der Waals surface area contributed by atoms with E-state index in [2.05, 4.69) is 10.6 Å². The van der Waals surface area contributed by atoms with E-state index in [1.165, 1.54) is 0 Å².